The highest BCUT2D eigenvalue weighted by atomic mass is 16.3. The van der Waals surface area contributed by atoms with Crippen LogP contribution in [0.1, 0.15) is 26.7 Å². The van der Waals surface area contributed by atoms with Gasteiger partial charge in [-0.3, -0.25) is 5.32 Å². The molecule has 0 saturated heterocycles. The average Bonchev–Trinajstić information content (AvgIpc) is 1.87. The number of aliphatic hydroxyl groups is 2. The maximum absolute atomic E-state index is 8.89. The number of nitrogens with one attached hydrogen (secondary N) is 1. The zero-order chi connectivity index (χ0) is 7.28. The van der Waals surface area contributed by atoms with Crippen molar-refractivity contribution in [3.8, 4) is 0 Å². The molecule has 0 aromatic carbocycles. The molecule has 9 heavy (non-hydrogen) atoms. The lowest BCUT2D eigenvalue weighted by atomic mass is 10.3. The van der Waals surface area contributed by atoms with Crippen LogP contribution in [0.3, 0.4) is 0 Å². The third-order valence-electron chi connectivity index (χ3n) is 1.16. The normalized spacial score (nSPS) is 17.3. The molecular formula is C6H15NO2. The van der Waals surface area contributed by atoms with Crippen molar-refractivity contribution in [3.05, 3.63) is 0 Å². The number of rotatable bonds is 4. The molecule has 2 unspecified atom stereocenters. The molecule has 0 heterocycles. The van der Waals surface area contributed by atoms with E-state index in [0.717, 1.165) is 0 Å². The van der Waals surface area contributed by atoms with Crippen LogP contribution < -0.4 is 5.32 Å². The second-order valence-electron chi connectivity index (χ2n) is 2.01. The van der Waals surface area contributed by atoms with E-state index in [1.165, 1.54) is 0 Å². The quantitative estimate of drug-likeness (QED) is 0.474. The van der Waals surface area contributed by atoms with Crippen LogP contribution in [0.25, 0.3) is 0 Å². The fraction of sp³-hybridized carbons (Fsp3) is 1.00. The molecule has 0 saturated carbocycles. The largest absolute Gasteiger partial charge is 0.379 e. The van der Waals surface area contributed by atoms with Gasteiger partial charge in [0.25, 0.3) is 0 Å². The van der Waals surface area contributed by atoms with E-state index in [9.17, 15) is 0 Å². The van der Waals surface area contributed by atoms with E-state index in [1.807, 2.05) is 13.8 Å². The molecule has 0 rings (SSSR count). The van der Waals surface area contributed by atoms with E-state index in [-0.39, 0.29) is 0 Å². The Labute approximate surface area is 55.7 Å². The van der Waals surface area contributed by atoms with Crippen molar-refractivity contribution in [2.45, 2.75) is 39.1 Å². The average molecular weight is 133 g/mol. The minimum atomic E-state index is -0.569. The molecule has 0 spiro atoms. The number of hydrogen-bond acceptors (Lipinski definition) is 3. The summed E-state index contributed by atoms with van der Waals surface area (Å²) in [4.78, 5) is 0. The Morgan fingerprint density at radius 1 is 1.11 bits per heavy atom. The third-order valence-corrected chi connectivity index (χ3v) is 1.16. The summed E-state index contributed by atoms with van der Waals surface area (Å²) in [7, 11) is 0. The fourth-order valence-electron chi connectivity index (χ4n) is 0.458. The summed E-state index contributed by atoms with van der Waals surface area (Å²) in [6.45, 7) is 3.69. The predicted octanol–water partition coefficient (Wildman–Crippen LogP) is 0.0328. The summed E-state index contributed by atoms with van der Waals surface area (Å²) in [5, 5.41) is 20.4. The highest BCUT2D eigenvalue weighted by Gasteiger charge is 2.03. The summed E-state index contributed by atoms with van der Waals surface area (Å²) in [5.41, 5.74) is 0. The van der Waals surface area contributed by atoms with E-state index >= 15 is 0 Å². The van der Waals surface area contributed by atoms with Gasteiger partial charge < -0.3 is 10.2 Å². The van der Waals surface area contributed by atoms with Crippen LogP contribution in [0.5, 0.6) is 0 Å². The molecule has 0 aromatic heterocycles. The van der Waals surface area contributed by atoms with Crippen molar-refractivity contribution in [2.24, 2.45) is 0 Å². The summed E-state index contributed by atoms with van der Waals surface area (Å²) in [6, 6.07) is 0. The Bertz CT molecular complexity index is 60.1. The molecule has 3 heteroatoms. The second-order valence-corrected chi connectivity index (χ2v) is 2.01. The minimum absolute atomic E-state index is 0.569. The van der Waals surface area contributed by atoms with Crippen molar-refractivity contribution in [1.82, 2.24) is 5.32 Å². The Balaban J connectivity index is 3.22. The van der Waals surface area contributed by atoms with Gasteiger partial charge in [0.05, 0.1) is 0 Å². The molecule has 0 bridgehead atoms. The molecule has 0 amide bonds. The Kier molecular flexibility index (Phi) is 4.67. The van der Waals surface area contributed by atoms with Gasteiger partial charge in [-0.2, -0.15) is 0 Å². The van der Waals surface area contributed by atoms with Crippen molar-refractivity contribution in [3.63, 3.8) is 0 Å². The first-order chi connectivity index (χ1) is 4.20. The molecule has 56 valence electrons. The highest BCUT2D eigenvalue weighted by molar-refractivity contribution is 4.52. The van der Waals surface area contributed by atoms with Gasteiger partial charge in [-0.05, 0) is 12.8 Å². The van der Waals surface area contributed by atoms with Crippen LogP contribution in [0.15, 0.2) is 0 Å². The van der Waals surface area contributed by atoms with Crippen molar-refractivity contribution in [2.75, 3.05) is 0 Å². The van der Waals surface area contributed by atoms with Crippen molar-refractivity contribution < 1.29 is 10.2 Å². The Hall–Kier alpha value is -0.120. The first kappa shape index (κ1) is 8.88. The molecule has 0 aliphatic heterocycles. The van der Waals surface area contributed by atoms with E-state index in [2.05, 4.69) is 5.32 Å². The third kappa shape index (κ3) is 4.39. The second kappa shape index (κ2) is 4.73. The Morgan fingerprint density at radius 2 is 1.44 bits per heavy atom. The molecule has 0 fully saturated rings. The first-order valence-electron chi connectivity index (χ1n) is 3.32. The van der Waals surface area contributed by atoms with Crippen molar-refractivity contribution in [1.29, 1.82) is 0 Å². The lowest BCUT2D eigenvalue weighted by molar-refractivity contribution is 0.0387. The highest BCUT2D eigenvalue weighted by Crippen LogP contribution is 1.89. The molecular weight excluding hydrogens is 118 g/mol. The van der Waals surface area contributed by atoms with Gasteiger partial charge in [0.15, 0.2) is 0 Å². The monoisotopic (exact) mass is 133 g/mol. The maximum atomic E-state index is 8.89. The molecule has 0 aliphatic rings. The molecule has 0 aliphatic carbocycles. The SMILES string of the molecule is CCC(O)NC(O)CC. The molecule has 2 atom stereocenters. The van der Waals surface area contributed by atoms with Gasteiger partial charge in [-0.1, -0.05) is 13.8 Å². The van der Waals surface area contributed by atoms with E-state index in [4.69, 9.17) is 10.2 Å². The lowest BCUT2D eigenvalue weighted by Crippen LogP contribution is -2.37. The zero-order valence-electron chi connectivity index (χ0n) is 5.96. The van der Waals surface area contributed by atoms with Crippen LogP contribution in [0.4, 0.5) is 0 Å². The smallest absolute Gasteiger partial charge is 0.106 e. The maximum Gasteiger partial charge on any atom is 0.106 e. The molecule has 3 N–H and O–H groups in total. The molecule has 3 nitrogen and oxygen atoms in total. The van der Waals surface area contributed by atoms with Crippen LogP contribution in [0.2, 0.25) is 0 Å². The van der Waals surface area contributed by atoms with Gasteiger partial charge >= 0.3 is 0 Å². The topological polar surface area (TPSA) is 52.5 Å². The van der Waals surface area contributed by atoms with E-state index < -0.39 is 12.5 Å². The molecule has 0 aromatic rings. The lowest BCUT2D eigenvalue weighted by Gasteiger charge is -2.14. The van der Waals surface area contributed by atoms with Crippen LogP contribution in [-0.2, 0) is 0 Å². The van der Waals surface area contributed by atoms with E-state index in [0.29, 0.717) is 12.8 Å². The minimum Gasteiger partial charge on any atom is -0.379 e. The number of hydrogen-bond donors (Lipinski definition) is 3. The summed E-state index contributed by atoms with van der Waals surface area (Å²) in [5.74, 6) is 0. The van der Waals surface area contributed by atoms with Gasteiger partial charge in [-0.15, -0.1) is 0 Å². The van der Waals surface area contributed by atoms with Gasteiger partial charge in [0.2, 0.25) is 0 Å². The number of aliphatic hydroxyl groups excluding tert-OH is 2. The summed E-state index contributed by atoms with van der Waals surface area (Å²) in [6.07, 6.45) is 0.105. The van der Waals surface area contributed by atoms with Crippen LogP contribution >= 0.6 is 0 Å². The van der Waals surface area contributed by atoms with Gasteiger partial charge in [0.1, 0.15) is 12.5 Å². The van der Waals surface area contributed by atoms with E-state index in [1.54, 1.807) is 0 Å². The van der Waals surface area contributed by atoms with Crippen LogP contribution in [0, 0.1) is 0 Å². The van der Waals surface area contributed by atoms with Gasteiger partial charge in [-0.25, -0.2) is 0 Å². The Morgan fingerprint density at radius 3 is 1.67 bits per heavy atom. The summed E-state index contributed by atoms with van der Waals surface area (Å²) < 4.78 is 0. The first-order valence-corrected chi connectivity index (χ1v) is 3.32. The predicted molar refractivity (Wildman–Crippen MR) is 35.7 cm³/mol. The summed E-state index contributed by atoms with van der Waals surface area (Å²) >= 11 is 0. The standard InChI is InChI=1S/C6H15NO2/c1-3-5(8)7-6(9)4-2/h5-9H,3-4H2,1-2H3. The fourth-order valence-corrected chi connectivity index (χ4v) is 0.458. The van der Waals surface area contributed by atoms with Crippen LogP contribution in [-0.4, -0.2) is 22.7 Å². The molecule has 0 radical (unpaired) electrons. The zero-order valence-corrected chi connectivity index (χ0v) is 5.96. The van der Waals surface area contributed by atoms with Crippen molar-refractivity contribution >= 4 is 0 Å². The van der Waals surface area contributed by atoms with Gasteiger partial charge in [0, 0.05) is 0 Å².